The first-order valence-corrected chi connectivity index (χ1v) is 13.2. The second kappa shape index (κ2) is 9.51. The molecule has 0 bridgehead atoms. The number of primary amides is 1. The minimum atomic E-state index is -2.57. The molecule has 4 atom stereocenters. The molecular formula is C28H27IN2O7. The Labute approximate surface area is 232 Å². The van der Waals surface area contributed by atoms with Gasteiger partial charge in [0.2, 0.25) is 5.78 Å². The van der Waals surface area contributed by atoms with Crippen molar-refractivity contribution in [1.82, 2.24) is 4.90 Å². The molecule has 0 unspecified atom stereocenters. The number of halogens is 1. The molecule has 3 aliphatic carbocycles. The van der Waals surface area contributed by atoms with Gasteiger partial charge in [-0.3, -0.25) is 19.3 Å². The number of aliphatic hydroxyl groups is 2. The van der Waals surface area contributed by atoms with Crippen LogP contribution in [0.5, 0.6) is 5.75 Å². The van der Waals surface area contributed by atoms with Crippen molar-refractivity contribution in [2.75, 3.05) is 14.1 Å². The van der Waals surface area contributed by atoms with E-state index in [1.165, 1.54) is 6.07 Å². The summed E-state index contributed by atoms with van der Waals surface area (Å²) in [6.07, 6.45) is 0.465. The van der Waals surface area contributed by atoms with E-state index in [2.05, 4.69) is 22.6 Å². The van der Waals surface area contributed by atoms with Gasteiger partial charge in [0.1, 0.15) is 29.4 Å². The predicted octanol–water partition coefficient (Wildman–Crippen LogP) is 2.38. The minimum absolute atomic E-state index is 0.0250. The number of phenols is 1. The highest BCUT2D eigenvalue weighted by molar-refractivity contribution is 14.1. The van der Waals surface area contributed by atoms with Crippen LogP contribution in [0.4, 0.5) is 0 Å². The van der Waals surface area contributed by atoms with Gasteiger partial charge in [0.25, 0.3) is 5.91 Å². The fourth-order valence-electron chi connectivity index (χ4n) is 6.08. The Balaban J connectivity index is 1.67. The standard InChI is InChI=1S/C28H27IN2O7/c1-31(2)22-16-11-14-10-15-17(29)8-9-18(32)20(15)23(33)19(14)25(34)28(16,37)26(35)21(27(30)36)24(22)38-12-13-6-4-3-5-7-13/h3-9,14,16,22,32,34,37H,10-12H2,1-2H3,(H2,30,36)/t14-,16-,22-,28-/m0/s1. The summed E-state index contributed by atoms with van der Waals surface area (Å²) in [5.41, 5.74) is 3.88. The molecule has 38 heavy (non-hydrogen) atoms. The number of fused-ring (bicyclic) bond motifs is 3. The van der Waals surface area contributed by atoms with Crippen LogP contribution in [0.15, 0.2) is 65.1 Å². The number of rotatable bonds is 5. The van der Waals surface area contributed by atoms with Gasteiger partial charge in [-0.2, -0.15) is 0 Å². The zero-order valence-electron chi connectivity index (χ0n) is 20.8. The highest BCUT2D eigenvalue weighted by Gasteiger charge is 2.63. The second-order valence-corrected chi connectivity index (χ2v) is 11.3. The van der Waals surface area contributed by atoms with E-state index in [4.69, 9.17) is 10.5 Å². The van der Waals surface area contributed by atoms with Crippen molar-refractivity contribution in [3.63, 3.8) is 0 Å². The van der Waals surface area contributed by atoms with Crippen molar-refractivity contribution in [3.8, 4) is 5.75 Å². The van der Waals surface area contributed by atoms with Crippen LogP contribution in [0.2, 0.25) is 0 Å². The molecule has 198 valence electrons. The first kappa shape index (κ1) is 26.4. The zero-order chi connectivity index (χ0) is 27.5. The lowest BCUT2D eigenvalue weighted by atomic mass is 9.58. The van der Waals surface area contributed by atoms with Crippen LogP contribution < -0.4 is 5.73 Å². The number of allylic oxidation sites excluding steroid dienone is 1. The first-order chi connectivity index (χ1) is 18.0. The number of amides is 1. The van der Waals surface area contributed by atoms with Crippen LogP contribution in [0.25, 0.3) is 0 Å². The number of likely N-dealkylation sites (N-methyl/N-ethyl adjacent to an activating group) is 1. The smallest absolute Gasteiger partial charge is 0.255 e. The van der Waals surface area contributed by atoms with E-state index < -0.39 is 52.3 Å². The molecule has 5 rings (SSSR count). The van der Waals surface area contributed by atoms with Crippen LogP contribution in [0, 0.1) is 15.4 Å². The Hall–Kier alpha value is -3.22. The Kier molecular flexibility index (Phi) is 6.60. The highest BCUT2D eigenvalue weighted by Crippen LogP contribution is 2.53. The third-order valence-electron chi connectivity index (χ3n) is 7.76. The molecule has 2 aromatic carbocycles. The number of hydrogen-bond acceptors (Lipinski definition) is 8. The van der Waals surface area contributed by atoms with Gasteiger partial charge >= 0.3 is 0 Å². The van der Waals surface area contributed by atoms with E-state index in [0.29, 0.717) is 12.0 Å². The summed E-state index contributed by atoms with van der Waals surface area (Å²) in [5.74, 6) is -5.36. The molecular weight excluding hydrogens is 603 g/mol. The number of ketones is 2. The lowest BCUT2D eigenvalue weighted by molar-refractivity contribution is -0.149. The van der Waals surface area contributed by atoms with Crippen molar-refractivity contribution >= 4 is 40.1 Å². The average Bonchev–Trinajstić information content (AvgIpc) is 2.87. The predicted molar refractivity (Wildman–Crippen MR) is 145 cm³/mol. The fourth-order valence-corrected chi connectivity index (χ4v) is 6.75. The van der Waals surface area contributed by atoms with Crippen molar-refractivity contribution in [1.29, 1.82) is 0 Å². The van der Waals surface area contributed by atoms with Gasteiger partial charge in [-0.1, -0.05) is 30.3 Å². The zero-order valence-corrected chi connectivity index (χ0v) is 22.9. The number of benzene rings is 2. The van der Waals surface area contributed by atoms with E-state index >= 15 is 0 Å². The minimum Gasteiger partial charge on any atom is -0.508 e. The molecule has 0 fully saturated rings. The lowest BCUT2D eigenvalue weighted by Crippen LogP contribution is -2.64. The Morgan fingerprint density at radius 2 is 1.84 bits per heavy atom. The van der Waals surface area contributed by atoms with Gasteiger partial charge in [-0.15, -0.1) is 0 Å². The van der Waals surface area contributed by atoms with Crippen LogP contribution in [0.1, 0.15) is 27.9 Å². The molecule has 0 saturated heterocycles. The summed E-state index contributed by atoms with van der Waals surface area (Å²) in [6, 6.07) is 11.5. The van der Waals surface area contributed by atoms with Gasteiger partial charge in [-0.05, 0) is 78.7 Å². The summed E-state index contributed by atoms with van der Waals surface area (Å²) in [5, 5.41) is 33.8. The maximum absolute atomic E-state index is 13.8. The van der Waals surface area contributed by atoms with Crippen molar-refractivity contribution < 1.29 is 34.4 Å². The van der Waals surface area contributed by atoms with E-state index in [1.807, 2.05) is 30.3 Å². The third kappa shape index (κ3) is 3.85. The number of nitrogens with two attached hydrogens (primary N) is 1. The molecule has 2 aromatic rings. The summed E-state index contributed by atoms with van der Waals surface area (Å²) in [4.78, 5) is 41.7. The van der Waals surface area contributed by atoms with Crippen molar-refractivity contribution in [2.45, 2.75) is 31.1 Å². The molecule has 9 nitrogen and oxygen atoms in total. The number of ether oxygens (including phenoxy) is 1. The lowest BCUT2D eigenvalue weighted by Gasteiger charge is -2.50. The SMILES string of the molecule is CN(C)[C@@H]1C(OCc2ccccc2)=C(C(N)=O)C(=O)[C@@]2(O)C(O)=C3C(=O)c4c(O)ccc(I)c4C[C@H]3C[C@@H]12. The van der Waals surface area contributed by atoms with Gasteiger partial charge in [0, 0.05) is 15.1 Å². The van der Waals surface area contributed by atoms with Crippen LogP contribution in [0.3, 0.4) is 0 Å². The fraction of sp³-hybridized carbons (Fsp3) is 0.321. The molecule has 1 amide bonds. The number of carbonyl (C=O) groups excluding carboxylic acids is 3. The summed E-state index contributed by atoms with van der Waals surface area (Å²) in [7, 11) is 3.42. The number of aromatic hydroxyl groups is 1. The van der Waals surface area contributed by atoms with Crippen LogP contribution in [-0.4, -0.2) is 63.4 Å². The molecule has 0 aromatic heterocycles. The highest BCUT2D eigenvalue weighted by atomic mass is 127. The largest absolute Gasteiger partial charge is 0.508 e. The van der Waals surface area contributed by atoms with Gasteiger partial charge in [0.05, 0.1) is 11.6 Å². The summed E-state index contributed by atoms with van der Waals surface area (Å²) >= 11 is 2.09. The Morgan fingerprint density at radius 1 is 1.16 bits per heavy atom. The maximum Gasteiger partial charge on any atom is 0.255 e. The van der Waals surface area contributed by atoms with E-state index in [0.717, 1.165) is 9.13 Å². The number of phenolic OH excluding ortho intramolecular Hbond substituents is 1. The maximum atomic E-state index is 13.8. The molecule has 0 saturated carbocycles. The molecule has 0 aliphatic heterocycles. The average molecular weight is 630 g/mol. The Morgan fingerprint density at radius 3 is 2.47 bits per heavy atom. The van der Waals surface area contributed by atoms with E-state index in [-0.39, 0.29) is 35.7 Å². The van der Waals surface area contributed by atoms with Gasteiger partial charge in [-0.25, -0.2) is 0 Å². The van der Waals surface area contributed by atoms with Crippen molar-refractivity contribution in [3.05, 3.63) is 85.4 Å². The first-order valence-electron chi connectivity index (χ1n) is 12.1. The number of Topliss-reactive ketones (excluding diaryl/α,β-unsaturated/α-hetero) is 2. The topological polar surface area (TPSA) is 150 Å². The Bertz CT molecular complexity index is 1430. The van der Waals surface area contributed by atoms with E-state index in [1.54, 1.807) is 25.1 Å². The molecule has 0 spiro atoms. The van der Waals surface area contributed by atoms with Crippen LogP contribution >= 0.6 is 22.6 Å². The molecule has 5 N–H and O–H groups in total. The molecule has 10 heteroatoms. The number of aliphatic hydroxyl groups excluding tert-OH is 1. The number of carbonyl (C=O) groups is 3. The van der Waals surface area contributed by atoms with Gasteiger partial charge in [0.15, 0.2) is 11.4 Å². The normalized spacial score (nSPS) is 26.7. The third-order valence-corrected chi connectivity index (χ3v) is 8.78. The van der Waals surface area contributed by atoms with Crippen LogP contribution in [-0.2, 0) is 27.4 Å². The monoisotopic (exact) mass is 630 g/mol. The number of nitrogens with zero attached hydrogens (tertiary/aromatic N) is 1. The number of hydrogen-bond donors (Lipinski definition) is 4. The molecule has 0 heterocycles. The van der Waals surface area contributed by atoms with Crippen molar-refractivity contribution in [2.24, 2.45) is 17.6 Å². The molecule has 0 radical (unpaired) electrons. The summed E-state index contributed by atoms with van der Waals surface area (Å²) in [6.45, 7) is 0.0511. The molecule has 3 aliphatic rings. The van der Waals surface area contributed by atoms with E-state index in [9.17, 15) is 29.7 Å². The quantitative estimate of drug-likeness (QED) is 0.291. The second-order valence-electron chi connectivity index (χ2n) is 10.1. The van der Waals surface area contributed by atoms with Gasteiger partial charge < -0.3 is 25.8 Å². The summed E-state index contributed by atoms with van der Waals surface area (Å²) < 4.78 is 6.86.